The van der Waals surface area contributed by atoms with Crippen LogP contribution in [0.2, 0.25) is 0 Å². The molecular weight excluding hydrogens is 244 g/mol. The average molecular weight is 255 g/mol. The van der Waals surface area contributed by atoms with Crippen LogP contribution in [-0.4, -0.2) is 11.7 Å². The fourth-order valence-electron chi connectivity index (χ4n) is 1.10. The molecule has 0 unspecified atom stereocenters. The number of terminal acetylenes is 1. The zero-order valence-corrected chi connectivity index (χ0v) is 9.41. The lowest BCUT2D eigenvalue weighted by molar-refractivity contribution is 0.193. The summed E-state index contributed by atoms with van der Waals surface area (Å²) in [5, 5.41) is 9.45. The Labute approximate surface area is 92.0 Å². The van der Waals surface area contributed by atoms with E-state index < -0.39 is 6.10 Å². The molecule has 74 valence electrons. The van der Waals surface area contributed by atoms with Crippen molar-refractivity contribution in [1.82, 2.24) is 0 Å². The molecule has 1 rings (SSSR count). The van der Waals surface area contributed by atoms with Gasteiger partial charge in [0.15, 0.2) is 0 Å². The van der Waals surface area contributed by atoms with Crippen LogP contribution >= 0.6 is 15.9 Å². The molecule has 3 heteroatoms. The Morgan fingerprint density at radius 3 is 2.93 bits per heavy atom. The summed E-state index contributed by atoms with van der Waals surface area (Å²) in [4.78, 5) is 0. The van der Waals surface area contributed by atoms with Crippen molar-refractivity contribution in [2.24, 2.45) is 0 Å². The highest BCUT2D eigenvalue weighted by molar-refractivity contribution is 9.10. The van der Waals surface area contributed by atoms with Gasteiger partial charge >= 0.3 is 0 Å². The quantitative estimate of drug-likeness (QED) is 0.841. The van der Waals surface area contributed by atoms with Crippen LogP contribution in [0.1, 0.15) is 18.6 Å². The maximum absolute atomic E-state index is 9.45. The summed E-state index contributed by atoms with van der Waals surface area (Å²) in [6.45, 7) is 1.89. The Balaban J connectivity index is 2.98. The topological polar surface area (TPSA) is 29.5 Å². The van der Waals surface area contributed by atoms with Crippen LogP contribution < -0.4 is 4.74 Å². The molecule has 0 aliphatic rings. The first kappa shape index (κ1) is 11.1. The van der Waals surface area contributed by atoms with E-state index in [-0.39, 0.29) is 6.61 Å². The molecule has 1 atom stereocenters. The Morgan fingerprint density at radius 1 is 1.64 bits per heavy atom. The van der Waals surface area contributed by atoms with Gasteiger partial charge in [-0.05, 0) is 19.1 Å². The first-order valence-corrected chi connectivity index (χ1v) is 4.98. The zero-order chi connectivity index (χ0) is 10.6. The van der Waals surface area contributed by atoms with Gasteiger partial charge in [-0.3, -0.25) is 0 Å². The van der Waals surface area contributed by atoms with Gasteiger partial charge in [-0.2, -0.15) is 0 Å². The van der Waals surface area contributed by atoms with Crippen LogP contribution in [0.3, 0.4) is 0 Å². The van der Waals surface area contributed by atoms with Gasteiger partial charge in [-0.15, -0.1) is 6.42 Å². The third-order valence-corrected chi connectivity index (χ3v) is 2.23. The molecule has 1 aromatic rings. The molecule has 0 aromatic heterocycles. The van der Waals surface area contributed by atoms with Gasteiger partial charge in [0.2, 0.25) is 0 Å². The smallest absolute Gasteiger partial charge is 0.148 e. The Morgan fingerprint density at radius 2 is 2.36 bits per heavy atom. The highest BCUT2D eigenvalue weighted by atomic mass is 79.9. The number of aliphatic hydroxyl groups excluding tert-OH is 1. The van der Waals surface area contributed by atoms with Gasteiger partial charge in [0.1, 0.15) is 12.4 Å². The van der Waals surface area contributed by atoms with Crippen LogP contribution in [0.15, 0.2) is 22.7 Å². The van der Waals surface area contributed by atoms with Gasteiger partial charge in [-0.1, -0.05) is 27.9 Å². The minimum atomic E-state index is -0.559. The average Bonchev–Trinajstić information content (AvgIpc) is 2.14. The highest BCUT2D eigenvalue weighted by Crippen LogP contribution is 2.28. The lowest BCUT2D eigenvalue weighted by Gasteiger charge is -2.12. The summed E-state index contributed by atoms with van der Waals surface area (Å²) < 4.78 is 6.20. The first-order valence-electron chi connectivity index (χ1n) is 4.19. The molecule has 0 saturated heterocycles. The summed E-state index contributed by atoms with van der Waals surface area (Å²) >= 11 is 3.32. The second-order valence-corrected chi connectivity index (χ2v) is 3.77. The summed E-state index contributed by atoms with van der Waals surface area (Å²) in [6.07, 6.45) is 4.53. The van der Waals surface area contributed by atoms with E-state index in [4.69, 9.17) is 11.2 Å². The van der Waals surface area contributed by atoms with E-state index in [1.54, 1.807) is 19.1 Å². The van der Waals surface area contributed by atoms with E-state index >= 15 is 0 Å². The number of hydrogen-bond acceptors (Lipinski definition) is 2. The van der Waals surface area contributed by atoms with E-state index in [2.05, 4.69) is 21.9 Å². The second-order valence-electron chi connectivity index (χ2n) is 2.85. The Bertz CT molecular complexity index is 353. The lowest BCUT2D eigenvalue weighted by atomic mass is 10.1. The van der Waals surface area contributed by atoms with Gasteiger partial charge < -0.3 is 9.84 Å². The van der Waals surface area contributed by atoms with Crippen molar-refractivity contribution < 1.29 is 9.84 Å². The summed E-state index contributed by atoms with van der Waals surface area (Å²) in [7, 11) is 0. The molecule has 0 heterocycles. The summed E-state index contributed by atoms with van der Waals surface area (Å²) in [6, 6.07) is 5.45. The SMILES string of the molecule is C#CCOc1cc(Br)ccc1[C@@H](C)O. The van der Waals surface area contributed by atoms with Crippen molar-refractivity contribution in [3.8, 4) is 18.1 Å². The van der Waals surface area contributed by atoms with Crippen molar-refractivity contribution >= 4 is 15.9 Å². The molecule has 0 fully saturated rings. The van der Waals surface area contributed by atoms with Crippen molar-refractivity contribution in [1.29, 1.82) is 0 Å². The third-order valence-electron chi connectivity index (χ3n) is 1.74. The predicted molar refractivity (Wildman–Crippen MR) is 59.1 cm³/mol. The number of halogens is 1. The molecule has 0 bridgehead atoms. The van der Waals surface area contributed by atoms with Crippen molar-refractivity contribution in [2.45, 2.75) is 13.0 Å². The Kier molecular flexibility index (Phi) is 3.99. The van der Waals surface area contributed by atoms with E-state index in [9.17, 15) is 5.11 Å². The number of aliphatic hydroxyl groups is 1. The largest absolute Gasteiger partial charge is 0.481 e. The number of hydrogen-bond donors (Lipinski definition) is 1. The molecule has 0 aliphatic heterocycles. The first-order chi connectivity index (χ1) is 6.65. The van der Waals surface area contributed by atoms with Gasteiger partial charge in [-0.25, -0.2) is 0 Å². The minimum Gasteiger partial charge on any atom is -0.481 e. The van der Waals surface area contributed by atoms with Crippen LogP contribution in [0, 0.1) is 12.3 Å². The third kappa shape index (κ3) is 2.76. The van der Waals surface area contributed by atoms with E-state index in [1.807, 2.05) is 6.07 Å². The van der Waals surface area contributed by atoms with Crippen LogP contribution in [-0.2, 0) is 0 Å². The van der Waals surface area contributed by atoms with Crippen molar-refractivity contribution in [2.75, 3.05) is 6.61 Å². The maximum Gasteiger partial charge on any atom is 0.148 e. The molecule has 0 saturated carbocycles. The normalized spacial score (nSPS) is 11.9. The van der Waals surface area contributed by atoms with Gasteiger partial charge in [0, 0.05) is 10.0 Å². The molecule has 2 nitrogen and oxygen atoms in total. The number of rotatable bonds is 3. The number of benzene rings is 1. The fraction of sp³-hybridized carbons (Fsp3) is 0.273. The molecule has 14 heavy (non-hydrogen) atoms. The van der Waals surface area contributed by atoms with Gasteiger partial charge in [0.25, 0.3) is 0 Å². The molecule has 0 aliphatic carbocycles. The molecule has 0 amide bonds. The van der Waals surface area contributed by atoms with Crippen molar-refractivity contribution in [3.05, 3.63) is 28.2 Å². The second kappa shape index (κ2) is 5.04. The zero-order valence-electron chi connectivity index (χ0n) is 7.83. The van der Waals surface area contributed by atoms with Crippen LogP contribution in [0.5, 0.6) is 5.75 Å². The molecule has 0 spiro atoms. The summed E-state index contributed by atoms with van der Waals surface area (Å²) in [5.74, 6) is 3.00. The molecule has 0 radical (unpaired) electrons. The van der Waals surface area contributed by atoms with E-state index in [1.165, 1.54) is 0 Å². The van der Waals surface area contributed by atoms with Crippen LogP contribution in [0.25, 0.3) is 0 Å². The molecular formula is C11H11BrO2. The molecule has 1 N–H and O–H groups in total. The predicted octanol–water partition coefficient (Wildman–Crippen LogP) is 2.51. The lowest BCUT2D eigenvalue weighted by Crippen LogP contribution is -2.00. The van der Waals surface area contributed by atoms with Crippen LogP contribution in [0.4, 0.5) is 0 Å². The highest BCUT2D eigenvalue weighted by Gasteiger charge is 2.08. The maximum atomic E-state index is 9.45. The van der Waals surface area contributed by atoms with E-state index in [0.29, 0.717) is 5.75 Å². The fourth-order valence-corrected chi connectivity index (χ4v) is 1.44. The van der Waals surface area contributed by atoms with Gasteiger partial charge in [0.05, 0.1) is 6.10 Å². The molecule has 1 aromatic carbocycles. The number of ether oxygens (including phenoxy) is 1. The van der Waals surface area contributed by atoms with Crippen molar-refractivity contribution in [3.63, 3.8) is 0 Å². The summed E-state index contributed by atoms with van der Waals surface area (Å²) in [5.41, 5.74) is 0.739. The van der Waals surface area contributed by atoms with E-state index in [0.717, 1.165) is 10.0 Å². The Hall–Kier alpha value is -0.980. The monoisotopic (exact) mass is 254 g/mol. The standard InChI is InChI=1S/C11H11BrO2/c1-3-6-14-11-7-9(12)4-5-10(11)8(2)13/h1,4-5,7-8,13H,6H2,2H3/t8-/m1/s1. The minimum absolute atomic E-state index is 0.205.